The zero-order valence-electron chi connectivity index (χ0n) is 12.3. The third-order valence-corrected chi connectivity index (χ3v) is 4.57. The molecule has 4 nitrogen and oxygen atoms in total. The lowest BCUT2D eigenvalue weighted by Gasteiger charge is -2.25. The van der Waals surface area contributed by atoms with Crippen LogP contribution in [-0.2, 0) is 4.79 Å². The molecule has 2 fully saturated rings. The Morgan fingerprint density at radius 1 is 1.43 bits per heavy atom. The van der Waals surface area contributed by atoms with E-state index >= 15 is 0 Å². The van der Waals surface area contributed by atoms with E-state index < -0.39 is 0 Å². The van der Waals surface area contributed by atoms with Gasteiger partial charge in [-0.1, -0.05) is 6.07 Å². The summed E-state index contributed by atoms with van der Waals surface area (Å²) in [5, 5.41) is 3.37. The molecule has 21 heavy (non-hydrogen) atoms. The normalized spacial score (nSPS) is 24.9. The number of nitrogens with zero attached hydrogens (tertiary/aromatic N) is 2. The van der Waals surface area contributed by atoms with Crippen molar-refractivity contribution in [3.05, 3.63) is 30.1 Å². The van der Waals surface area contributed by atoms with Crippen molar-refractivity contribution in [2.24, 2.45) is 5.92 Å². The Hall–Kier alpha value is -1.13. The van der Waals surface area contributed by atoms with Crippen molar-refractivity contribution >= 4 is 18.3 Å². The van der Waals surface area contributed by atoms with Crippen LogP contribution in [0, 0.1) is 5.92 Å². The van der Waals surface area contributed by atoms with Crippen LogP contribution in [0.1, 0.15) is 43.7 Å². The van der Waals surface area contributed by atoms with Crippen molar-refractivity contribution in [2.45, 2.75) is 38.1 Å². The first-order chi connectivity index (χ1) is 9.84. The molecule has 3 rings (SSSR count). The minimum Gasteiger partial charge on any atom is -0.336 e. The molecule has 2 aliphatic rings. The van der Waals surface area contributed by atoms with Gasteiger partial charge in [0, 0.05) is 25.4 Å². The van der Waals surface area contributed by atoms with Crippen LogP contribution in [0.25, 0.3) is 0 Å². The smallest absolute Gasteiger partial charge is 0.223 e. The van der Waals surface area contributed by atoms with Gasteiger partial charge in [0.2, 0.25) is 5.91 Å². The molecule has 3 heterocycles. The van der Waals surface area contributed by atoms with Gasteiger partial charge in [0.1, 0.15) is 0 Å². The zero-order valence-corrected chi connectivity index (χ0v) is 13.1. The molecule has 1 N–H and O–H groups in total. The van der Waals surface area contributed by atoms with Gasteiger partial charge in [-0.3, -0.25) is 9.78 Å². The SMILES string of the molecule is Cl.O=C(CCC1CCNC1)N1CCCC1c1cccnc1. The molecule has 1 amide bonds. The van der Waals surface area contributed by atoms with E-state index in [2.05, 4.69) is 21.3 Å². The summed E-state index contributed by atoms with van der Waals surface area (Å²) in [6, 6.07) is 4.29. The molecule has 0 bridgehead atoms. The average molecular weight is 310 g/mol. The second-order valence-corrected chi connectivity index (χ2v) is 5.93. The lowest BCUT2D eigenvalue weighted by molar-refractivity contribution is -0.132. The number of carbonyl (C=O) groups excluding carboxylic acids is 1. The average Bonchev–Trinajstić information content (AvgIpc) is 3.17. The molecule has 2 saturated heterocycles. The number of likely N-dealkylation sites (tertiary alicyclic amines) is 1. The van der Waals surface area contributed by atoms with Crippen molar-refractivity contribution in [2.75, 3.05) is 19.6 Å². The molecular weight excluding hydrogens is 286 g/mol. The lowest BCUT2D eigenvalue weighted by atomic mass is 10.0. The van der Waals surface area contributed by atoms with Crippen LogP contribution in [0.4, 0.5) is 0 Å². The number of carbonyl (C=O) groups is 1. The number of rotatable bonds is 4. The van der Waals surface area contributed by atoms with Crippen LogP contribution in [0.15, 0.2) is 24.5 Å². The maximum atomic E-state index is 12.5. The molecule has 0 aliphatic carbocycles. The molecule has 0 saturated carbocycles. The van der Waals surface area contributed by atoms with Crippen LogP contribution in [-0.4, -0.2) is 35.4 Å². The number of amides is 1. The Kier molecular flexibility index (Phi) is 6.00. The summed E-state index contributed by atoms with van der Waals surface area (Å²) in [6.07, 6.45) is 8.82. The van der Waals surface area contributed by atoms with Gasteiger partial charge in [-0.2, -0.15) is 0 Å². The van der Waals surface area contributed by atoms with Gasteiger partial charge in [-0.05, 0) is 56.3 Å². The maximum Gasteiger partial charge on any atom is 0.223 e. The molecule has 116 valence electrons. The topological polar surface area (TPSA) is 45.2 Å². The molecule has 1 aromatic rings. The highest BCUT2D eigenvalue weighted by Crippen LogP contribution is 2.32. The highest BCUT2D eigenvalue weighted by Gasteiger charge is 2.30. The van der Waals surface area contributed by atoms with Gasteiger partial charge in [0.15, 0.2) is 0 Å². The summed E-state index contributed by atoms with van der Waals surface area (Å²) in [4.78, 5) is 18.7. The molecule has 0 aromatic carbocycles. The first kappa shape index (κ1) is 16.2. The summed E-state index contributed by atoms with van der Waals surface area (Å²) in [7, 11) is 0. The highest BCUT2D eigenvalue weighted by molar-refractivity contribution is 5.85. The zero-order chi connectivity index (χ0) is 13.8. The summed E-state index contributed by atoms with van der Waals surface area (Å²) in [6.45, 7) is 3.10. The Morgan fingerprint density at radius 3 is 3.05 bits per heavy atom. The van der Waals surface area contributed by atoms with Crippen molar-refractivity contribution in [1.82, 2.24) is 15.2 Å². The fraction of sp³-hybridized carbons (Fsp3) is 0.625. The molecule has 5 heteroatoms. The number of hydrogen-bond acceptors (Lipinski definition) is 3. The number of pyridine rings is 1. The maximum absolute atomic E-state index is 12.5. The summed E-state index contributed by atoms with van der Waals surface area (Å²) >= 11 is 0. The second kappa shape index (κ2) is 7.76. The molecule has 0 spiro atoms. The molecular formula is C16H24ClN3O. The van der Waals surface area contributed by atoms with E-state index in [9.17, 15) is 4.79 Å². The van der Waals surface area contributed by atoms with Crippen LogP contribution >= 0.6 is 12.4 Å². The Morgan fingerprint density at radius 2 is 2.33 bits per heavy atom. The highest BCUT2D eigenvalue weighted by atomic mass is 35.5. The predicted octanol–water partition coefficient (Wildman–Crippen LogP) is 2.56. The molecule has 2 atom stereocenters. The Bertz CT molecular complexity index is 448. The van der Waals surface area contributed by atoms with Crippen LogP contribution in [0.2, 0.25) is 0 Å². The van der Waals surface area contributed by atoms with Crippen molar-refractivity contribution < 1.29 is 4.79 Å². The van der Waals surface area contributed by atoms with Gasteiger partial charge < -0.3 is 10.2 Å². The summed E-state index contributed by atoms with van der Waals surface area (Å²) < 4.78 is 0. The number of hydrogen-bond donors (Lipinski definition) is 1. The largest absolute Gasteiger partial charge is 0.336 e. The summed E-state index contributed by atoms with van der Waals surface area (Å²) in [5.74, 6) is 1.02. The fourth-order valence-electron chi connectivity index (χ4n) is 3.42. The Balaban J connectivity index is 0.00000161. The van der Waals surface area contributed by atoms with Crippen molar-refractivity contribution in [3.63, 3.8) is 0 Å². The van der Waals surface area contributed by atoms with E-state index in [1.807, 2.05) is 12.3 Å². The molecule has 1 aromatic heterocycles. The fourth-order valence-corrected chi connectivity index (χ4v) is 3.42. The third kappa shape index (κ3) is 3.95. The second-order valence-electron chi connectivity index (χ2n) is 5.93. The number of halogens is 1. The van der Waals surface area contributed by atoms with E-state index in [-0.39, 0.29) is 18.4 Å². The van der Waals surface area contributed by atoms with E-state index in [4.69, 9.17) is 0 Å². The van der Waals surface area contributed by atoms with Gasteiger partial charge in [-0.25, -0.2) is 0 Å². The van der Waals surface area contributed by atoms with Gasteiger partial charge in [0.25, 0.3) is 0 Å². The van der Waals surface area contributed by atoms with E-state index in [0.717, 1.165) is 38.9 Å². The van der Waals surface area contributed by atoms with E-state index in [1.54, 1.807) is 6.20 Å². The first-order valence-electron chi connectivity index (χ1n) is 7.74. The van der Waals surface area contributed by atoms with E-state index in [0.29, 0.717) is 18.2 Å². The van der Waals surface area contributed by atoms with Crippen molar-refractivity contribution in [3.8, 4) is 0 Å². The van der Waals surface area contributed by atoms with Gasteiger partial charge in [-0.15, -0.1) is 12.4 Å². The van der Waals surface area contributed by atoms with Crippen LogP contribution < -0.4 is 5.32 Å². The van der Waals surface area contributed by atoms with Crippen molar-refractivity contribution in [1.29, 1.82) is 0 Å². The predicted molar refractivity (Wildman–Crippen MR) is 85.4 cm³/mol. The summed E-state index contributed by atoms with van der Waals surface area (Å²) in [5.41, 5.74) is 1.18. The minimum absolute atomic E-state index is 0. The number of nitrogens with one attached hydrogen (secondary N) is 1. The first-order valence-corrected chi connectivity index (χ1v) is 7.74. The number of aromatic nitrogens is 1. The molecule has 2 unspecified atom stereocenters. The van der Waals surface area contributed by atoms with Crippen LogP contribution in [0.5, 0.6) is 0 Å². The standard InChI is InChI=1S/C16H23N3O.ClH/c20-16(6-5-13-7-9-18-11-13)19-10-2-4-15(19)14-3-1-8-17-12-14;/h1,3,8,12-13,15,18H,2,4-7,9-11H2;1H. The molecule has 0 radical (unpaired) electrons. The molecule has 2 aliphatic heterocycles. The van der Waals surface area contributed by atoms with Gasteiger partial charge >= 0.3 is 0 Å². The lowest BCUT2D eigenvalue weighted by Crippen LogP contribution is -2.30. The minimum atomic E-state index is 0. The monoisotopic (exact) mass is 309 g/mol. The third-order valence-electron chi connectivity index (χ3n) is 4.57. The quantitative estimate of drug-likeness (QED) is 0.929. The van der Waals surface area contributed by atoms with Gasteiger partial charge in [0.05, 0.1) is 6.04 Å². The Labute approximate surface area is 132 Å². The van der Waals surface area contributed by atoms with Crippen LogP contribution in [0.3, 0.4) is 0 Å². The van der Waals surface area contributed by atoms with E-state index in [1.165, 1.54) is 12.0 Å².